The number of aromatic nitrogens is 3. The molecule has 0 aliphatic rings. The molecule has 1 heterocycles. The Hall–Kier alpha value is -1.96. The highest BCUT2D eigenvalue weighted by Crippen LogP contribution is 2.08. The van der Waals surface area contributed by atoms with Crippen LogP contribution in [0, 0.1) is 0 Å². The zero-order chi connectivity index (χ0) is 15.7. The van der Waals surface area contributed by atoms with Gasteiger partial charge in [0, 0.05) is 26.3 Å². The Labute approximate surface area is 123 Å². The smallest absolute Gasteiger partial charge is 0.303 e. The highest BCUT2D eigenvalue weighted by molar-refractivity contribution is 5.79. The SMILES string of the molecule is COCCNC(=O)C(C)n1cc(CCCCC(=O)O)nn1. The molecule has 1 atom stereocenters. The Balaban J connectivity index is 2.38. The van der Waals surface area contributed by atoms with Crippen LogP contribution in [-0.4, -0.2) is 52.2 Å². The van der Waals surface area contributed by atoms with E-state index in [0.717, 1.165) is 12.1 Å². The maximum Gasteiger partial charge on any atom is 0.303 e. The van der Waals surface area contributed by atoms with E-state index in [4.69, 9.17) is 9.84 Å². The number of nitrogens with zero attached hydrogens (tertiary/aromatic N) is 3. The molecule has 21 heavy (non-hydrogen) atoms. The van der Waals surface area contributed by atoms with E-state index >= 15 is 0 Å². The summed E-state index contributed by atoms with van der Waals surface area (Å²) in [6.45, 7) is 2.66. The van der Waals surface area contributed by atoms with E-state index in [0.29, 0.717) is 26.0 Å². The van der Waals surface area contributed by atoms with Crippen molar-refractivity contribution in [3.63, 3.8) is 0 Å². The van der Waals surface area contributed by atoms with E-state index in [1.807, 2.05) is 0 Å². The molecule has 8 nitrogen and oxygen atoms in total. The molecule has 1 aromatic rings. The second-order valence-corrected chi connectivity index (χ2v) is 4.75. The van der Waals surface area contributed by atoms with Crippen molar-refractivity contribution in [3.8, 4) is 0 Å². The van der Waals surface area contributed by atoms with Crippen LogP contribution in [0.25, 0.3) is 0 Å². The van der Waals surface area contributed by atoms with Gasteiger partial charge in [-0.2, -0.15) is 0 Å². The van der Waals surface area contributed by atoms with Crippen LogP contribution in [0.1, 0.15) is 37.9 Å². The molecule has 1 unspecified atom stereocenters. The summed E-state index contributed by atoms with van der Waals surface area (Å²) in [5, 5.41) is 19.2. The molecule has 0 bridgehead atoms. The number of ether oxygens (including phenoxy) is 1. The van der Waals surface area contributed by atoms with Crippen molar-refractivity contribution in [1.82, 2.24) is 20.3 Å². The number of carboxylic acid groups (broad SMARTS) is 1. The van der Waals surface area contributed by atoms with Gasteiger partial charge in [0.1, 0.15) is 6.04 Å². The highest BCUT2D eigenvalue weighted by atomic mass is 16.5. The summed E-state index contributed by atoms with van der Waals surface area (Å²) in [5.41, 5.74) is 0.761. The summed E-state index contributed by atoms with van der Waals surface area (Å²) >= 11 is 0. The minimum absolute atomic E-state index is 0.144. The third-order valence-corrected chi connectivity index (χ3v) is 3.01. The number of amides is 1. The predicted molar refractivity (Wildman–Crippen MR) is 74.8 cm³/mol. The zero-order valence-corrected chi connectivity index (χ0v) is 12.4. The van der Waals surface area contributed by atoms with Crippen molar-refractivity contribution in [2.75, 3.05) is 20.3 Å². The van der Waals surface area contributed by atoms with E-state index in [1.54, 1.807) is 20.2 Å². The number of aliphatic carboxylic acids is 1. The number of nitrogens with one attached hydrogen (secondary N) is 1. The van der Waals surface area contributed by atoms with Crippen molar-refractivity contribution in [3.05, 3.63) is 11.9 Å². The van der Waals surface area contributed by atoms with Crippen LogP contribution in [0.15, 0.2) is 6.20 Å². The molecule has 1 aromatic heterocycles. The number of methoxy groups -OCH3 is 1. The molecule has 0 aromatic carbocycles. The molecule has 1 rings (SSSR count). The lowest BCUT2D eigenvalue weighted by Gasteiger charge is -2.11. The van der Waals surface area contributed by atoms with Gasteiger partial charge in [0.25, 0.3) is 0 Å². The zero-order valence-electron chi connectivity index (χ0n) is 12.4. The third kappa shape index (κ3) is 6.35. The van der Waals surface area contributed by atoms with Crippen molar-refractivity contribution >= 4 is 11.9 Å². The lowest BCUT2D eigenvalue weighted by atomic mass is 10.1. The first-order valence-electron chi connectivity index (χ1n) is 6.93. The van der Waals surface area contributed by atoms with E-state index in [-0.39, 0.29) is 12.3 Å². The second-order valence-electron chi connectivity index (χ2n) is 4.75. The van der Waals surface area contributed by atoms with Crippen LogP contribution in [0.5, 0.6) is 0 Å². The Morgan fingerprint density at radius 2 is 2.24 bits per heavy atom. The maximum absolute atomic E-state index is 11.8. The summed E-state index contributed by atoms with van der Waals surface area (Å²) in [6.07, 6.45) is 3.88. The number of hydrogen-bond donors (Lipinski definition) is 2. The first kappa shape index (κ1) is 17.1. The molecular formula is C13H22N4O4. The van der Waals surface area contributed by atoms with Gasteiger partial charge in [-0.05, 0) is 26.2 Å². The Morgan fingerprint density at radius 3 is 2.90 bits per heavy atom. The van der Waals surface area contributed by atoms with Gasteiger partial charge in [-0.3, -0.25) is 9.59 Å². The number of rotatable bonds is 10. The van der Waals surface area contributed by atoms with Crippen molar-refractivity contribution in [2.24, 2.45) is 0 Å². The number of hydrogen-bond acceptors (Lipinski definition) is 5. The largest absolute Gasteiger partial charge is 0.481 e. The molecule has 1 amide bonds. The first-order chi connectivity index (χ1) is 10.0. The number of carbonyl (C=O) groups is 2. The van der Waals surface area contributed by atoms with E-state index < -0.39 is 12.0 Å². The monoisotopic (exact) mass is 298 g/mol. The lowest BCUT2D eigenvalue weighted by molar-refractivity contribution is -0.137. The predicted octanol–water partition coefficient (Wildman–Crippen LogP) is 0.399. The Bertz CT molecular complexity index is 461. The highest BCUT2D eigenvalue weighted by Gasteiger charge is 2.16. The molecular weight excluding hydrogens is 276 g/mol. The van der Waals surface area contributed by atoms with E-state index in [1.165, 1.54) is 4.68 Å². The fourth-order valence-electron chi connectivity index (χ4n) is 1.74. The summed E-state index contributed by atoms with van der Waals surface area (Å²) in [6, 6.07) is -0.442. The number of carbonyl (C=O) groups excluding carboxylic acids is 1. The maximum atomic E-state index is 11.8. The molecule has 0 fully saturated rings. The first-order valence-corrected chi connectivity index (χ1v) is 6.93. The minimum atomic E-state index is -0.792. The molecule has 8 heteroatoms. The Kier molecular flexibility index (Phi) is 7.38. The van der Waals surface area contributed by atoms with Crippen molar-refractivity contribution in [1.29, 1.82) is 0 Å². The van der Waals surface area contributed by atoms with Crippen LogP contribution >= 0.6 is 0 Å². The van der Waals surface area contributed by atoms with Crippen LogP contribution in [0.4, 0.5) is 0 Å². The van der Waals surface area contributed by atoms with E-state index in [9.17, 15) is 9.59 Å². The van der Waals surface area contributed by atoms with Gasteiger partial charge in [-0.15, -0.1) is 5.10 Å². The van der Waals surface area contributed by atoms with Crippen molar-refractivity contribution in [2.45, 2.75) is 38.6 Å². The molecule has 0 aliphatic carbocycles. The van der Waals surface area contributed by atoms with Gasteiger partial charge in [0.15, 0.2) is 0 Å². The van der Waals surface area contributed by atoms with Crippen LogP contribution in [0.2, 0.25) is 0 Å². The van der Waals surface area contributed by atoms with Gasteiger partial charge < -0.3 is 15.2 Å². The number of carboxylic acids is 1. The fraction of sp³-hybridized carbons (Fsp3) is 0.692. The van der Waals surface area contributed by atoms with Crippen LogP contribution < -0.4 is 5.32 Å². The normalized spacial score (nSPS) is 12.1. The molecule has 0 aliphatic heterocycles. The fourth-order valence-corrected chi connectivity index (χ4v) is 1.74. The van der Waals surface area contributed by atoms with Crippen LogP contribution in [-0.2, 0) is 20.7 Å². The quantitative estimate of drug-likeness (QED) is 0.606. The lowest BCUT2D eigenvalue weighted by Crippen LogP contribution is -2.33. The summed E-state index contributed by atoms with van der Waals surface area (Å²) < 4.78 is 6.37. The number of unbranched alkanes of at least 4 members (excludes halogenated alkanes) is 1. The number of aryl methyl sites for hydroxylation is 1. The van der Waals surface area contributed by atoms with Gasteiger partial charge in [-0.1, -0.05) is 5.21 Å². The standard InChI is InChI=1S/C13H22N4O4/c1-10(13(20)14-7-8-21-2)17-9-11(15-16-17)5-3-4-6-12(18)19/h9-10H,3-8H2,1-2H3,(H,14,20)(H,18,19). The van der Waals surface area contributed by atoms with Crippen LogP contribution in [0.3, 0.4) is 0 Å². The topological polar surface area (TPSA) is 106 Å². The summed E-state index contributed by atoms with van der Waals surface area (Å²) in [7, 11) is 1.57. The van der Waals surface area contributed by atoms with E-state index in [2.05, 4.69) is 15.6 Å². The van der Waals surface area contributed by atoms with Gasteiger partial charge in [-0.25, -0.2) is 4.68 Å². The molecule has 0 radical (unpaired) electrons. The van der Waals surface area contributed by atoms with Gasteiger partial charge in [0.05, 0.1) is 12.3 Å². The molecule has 2 N–H and O–H groups in total. The third-order valence-electron chi connectivity index (χ3n) is 3.01. The average molecular weight is 298 g/mol. The van der Waals surface area contributed by atoms with Gasteiger partial charge >= 0.3 is 5.97 Å². The summed E-state index contributed by atoms with van der Waals surface area (Å²) in [4.78, 5) is 22.2. The minimum Gasteiger partial charge on any atom is -0.481 e. The average Bonchev–Trinajstić information content (AvgIpc) is 2.91. The molecule has 118 valence electrons. The molecule has 0 saturated carbocycles. The Morgan fingerprint density at radius 1 is 1.48 bits per heavy atom. The summed E-state index contributed by atoms with van der Waals surface area (Å²) in [5.74, 6) is -0.936. The molecule has 0 spiro atoms. The molecule has 0 saturated heterocycles. The van der Waals surface area contributed by atoms with Gasteiger partial charge in [0.2, 0.25) is 5.91 Å². The van der Waals surface area contributed by atoms with Crippen molar-refractivity contribution < 1.29 is 19.4 Å². The second kappa shape index (κ2) is 9.06.